The van der Waals surface area contributed by atoms with Crippen molar-refractivity contribution in [1.29, 1.82) is 0 Å². The number of nitrogens with zero attached hydrogens (tertiary/aromatic N) is 1. The third kappa shape index (κ3) is 1.52. The minimum Gasteiger partial charge on any atom is -0.462 e. The van der Waals surface area contributed by atoms with Gasteiger partial charge in [-0.2, -0.15) is 0 Å². The van der Waals surface area contributed by atoms with Gasteiger partial charge in [-0.3, -0.25) is 0 Å². The quantitative estimate of drug-likeness (QED) is 0.731. The molecule has 0 radical (unpaired) electrons. The van der Waals surface area contributed by atoms with Crippen molar-refractivity contribution in [3.63, 3.8) is 0 Å². The van der Waals surface area contributed by atoms with Crippen molar-refractivity contribution >= 4 is 11.3 Å². The molecule has 2 nitrogen and oxygen atoms in total. The molecule has 0 aromatic carbocycles. The van der Waals surface area contributed by atoms with E-state index in [-0.39, 0.29) is 0 Å². The van der Waals surface area contributed by atoms with Crippen LogP contribution in [0.4, 0.5) is 0 Å². The van der Waals surface area contributed by atoms with E-state index in [9.17, 15) is 0 Å². The summed E-state index contributed by atoms with van der Waals surface area (Å²) in [6.07, 6.45) is 2.69. The van der Waals surface area contributed by atoms with Crippen molar-refractivity contribution in [1.82, 2.24) is 4.98 Å². The Labute approximate surface area is 81.2 Å². The zero-order valence-electron chi connectivity index (χ0n) is 7.70. The maximum absolute atomic E-state index is 5.36. The molecule has 0 atom stereocenters. The predicted molar refractivity (Wildman–Crippen MR) is 53.9 cm³/mol. The highest BCUT2D eigenvalue weighted by Gasteiger charge is 2.09. The Hall–Kier alpha value is -1.09. The van der Waals surface area contributed by atoms with Gasteiger partial charge in [0.2, 0.25) is 0 Å². The van der Waals surface area contributed by atoms with Gasteiger partial charge >= 0.3 is 0 Å². The minimum absolute atomic E-state index is 0.907. The number of aryl methyl sites for hydroxylation is 2. The maximum atomic E-state index is 5.36. The second-order valence-electron chi connectivity index (χ2n) is 2.93. The van der Waals surface area contributed by atoms with Crippen LogP contribution < -0.4 is 0 Å². The van der Waals surface area contributed by atoms with E-state index in [0.717, 1.165) is 28.4 Å². The van der Waals surface area contributed by atoms with E-state index in [4.69, 9.17) is 4.42 Å². The van der Waals surface area contributed by atoms with E-state index in [0.29, 0.717) is 0 Å². The lowest BCUT2D eigenvalue weighted by molar-refractivity contribution is 0.580. The van der Waals surface area contributed by atoms with Gasteiger partial charge in [-0.05, 0) is 25.0 Å². The summed E-state index contributed by atoms with van der Waals surface area (Å²) in [5.74, 6) is 0.907. The molecule has 0 fully saturated rings. The van der Waals surface area contributed by atoms with E-state index < -0.39 is 0 Å². The lowest BCUT2D eigenvalue weighted by atomic mass is 10.3. The lowest BCUT2D eigenvalue weighted by Gasteiger charge is -1.90. The maximum Gasteiger partial charge on any atom is 0.165 e. The van der Waals surface area contributed by atoms with Crippen LogP contribution in [-0.2, 0) is 6.42 Å². The summed E-state index contributed by atoms with van der Waals surface area (Å²) in [5.41, 5.74) is 2.29. The molecule has 2 rings (SSSR count). The Morgan fingerprint density at radius 1 is 1.54 bits per heavy atom. The second kappa shape index (κ2) is 3.34. The van der Waals surface area contributed by atoms with Crippen LogP contribution in [0.15, 0.2) is 22.1 Å². The fourth-order valence-corrected chi connectivity index (χ4v) is 2.12. The van der Waals surface area contributed by atoms with Crippen LogP contribution in [0.25, 0.3) is 10.8 Å². The minimum atomic E-state index is 0.907. The van der Waals surface area contributed by atoms with Gasteiger partial charge in [-0.15, -0.1) is 11.3 Å². The molecule has 0 aliphatic heterocycles. The number of aromatic nitrogens is 1. The van der Waals surface area contributed by atoms with Crippen LogP contribution in [0.5, 0.6) is 0 Å². The summed E-state index contributed by atoms with van der Waals surface area (Å²) in [6.45, 7) is 4.14. The fourth-order valence-electron chi connectivity index (χ4n) is 1.17. The zero-order valence-corrected chi connectivity index (χ0v) is 8.52. The Bertz CT molecular complexity index is 402. The van der Waals surface area contributed by atoms with Crippen LogP contribution in [0.2, 0.25) is 0 Å². The molecular weight excluding hydrogens is 182 g/mol. The average Bonchev–Trinajstić information content (AvgIpc) is 2.71. The number of thiazole rings is 1. The monoisotopic (exact) mass is 193 g/mol. The van der Waals surface area contributed by atoms with Gasteiger partial charge in [0.15, 0.2) is 10.8 Å². The number of furan rings is 1. The molecular formula is C10H11NOS. The van der Waals surface area contributed by atoms with Crippen molar-refractivity contribution < 1.29 is 4.42 Å². The van der Waals surface area contributed by atoms with Crippen LogP contribution in [0.3, 0.4) is 0 Å². The molecule has 0 saturated heterocycles. The number of hydrogen-bond donors (Lipinski definition) is 0. The van der Waals surface area contributed by atoms with E-state index in [1.54, 1.807) is 17.6 Å². The smallest absolute Gasteiger partial charge is 0.165 e. The highest BCUT2D eigenvalue weighted by atomic mass is 32.1. The molecule has 0 amide bonds. The molecule has 0 saturated carbocycles. The van der Waals surface area contributed by atoms with Gasteiger partial charge in [-0.1, -0.05) is 6.92 Å². The normalized spacial score (nSPS) is 10.6. The zero-order chi connectivity index (χ0) is 9.26. The third-order valence-corrected chi connectivity index (χ3v) is 2.86. The highest BCUT2D eigenvalue weighted by molar-refractivity contribution is 7.13. The van der Waals surface area contributed by atoms with E-state index >= 15 is 0 Å². The Morgan fingerprint density at radius 3 is 2.92 bits per heavy atom. The number of hydrogen-bond acceptors (Lipinski definition) is 3. The largest absolute Gasteiger partial charge is 0.462 e. The predicted octanol–water partition coefficient (Wildman–Crippen LogP) is 3.27. The molecule has 2 aromatic rings. The van der Waals surface area contributed by atoms with Crippen LogP contribution in [0, 0.1) is 6.92 Å². The summed E-state index contributed by atoms with van der Waals surface area (Å²) in [7, 11) is 0. The van der Waals surface area contributed by atoms with Crippen LogP contribution in [-0.4, -0.2) is 4.98 Å². The van der Waals surface area contributed by atoms with E-state index in [1.165, 1.54) is 0 Å². The van der Waals surface area contributed by atoms with Crippen molar-refractivity contribution in [2.75, 3.05) is 0 Å². The molecule has 0 bridgehead atoms. The summed E-state index contributed by atoms with van der Waals surface area (Å²) in [4.78, 5) is 4.46. The van der Waals surface area contributed by atoms with Gasteiger partial charge in [0.05, 0.1) is 12.0 Å². The Morgan fingerprint density at radius 2 is 2.38 bits per heavy atom. The lowest BCUT2D eigenvalue weighted by Crippen LogP contribution is -1.80. The van der Waals surface area contributed by atoms with Crippen molar-refractivity contribution in [3.05, 3.63) is 29.0 Å². The van der Waals surface area contributed by atoms with E-state index in [2.05, 4.69) is 17.3 Å². The molecule has 68 valence electrons. The first-order valence-corrected chi connectivity index (χ1v) is 5.18. The molecule has 0 aliphatic rings. The van der Waals surface area contributed by atoms with Gasteiger partial charge in [0, 0.05) is 5.38 Å². The topological polar surface area (TPSA) is 26.0 Å². The summed E-state index contributed by atoms with van der Waals surface area (Å²) in [6, 6.07) is 1.96. The molecule has 0 aliphatic carbocycles. The molecule has 2 heterocycles. The van der Waals surface area contributed by atoms with Gasteiger partial charge in [-0.25, -0.2) is 4.98 Å². The molecule has 0 unspecified atom stereocenters. The van der Waals surface area contributed by atoms with Gasteiger partial charge < -0.3 is 4.42 Å². The molecule has 13 heavy (non-hydrogen) atoms. The highest BCUT2D eigenvalue weighted by Crippen LogP contribution is 2.27. The van der Waals surface area contributed by atoms with Gasteiger partial charge in [0.1, 0.15) is 0 Å². The van der Waals surface area contributed by atoms with E-state index in [1.807, 2.05) is 13.0 Å². The molecule has 2 aromatic heterocycles. The summed E-state index contributed by atoms with van der Waals surface area (Å²) < 4.78 is 5.36. The molecule has 0 N–H and O–H groups in total. The van der Waals surface area contributed by atoms with Crippen LogP contribution >= 0.6 is 11.3 Å². The number of rotatable bonds is 2. The van der Waals surface area contributed by atoms with Crippen molar-refractivity contribution in [3.8, 4) is 10.8 Å². The molecule has 3 heteroatoms. The second-order valence-corrected chi connectivity index (χ2v) is 3.79. The van der Waals surface area contributed by atoms with Crippen molar-refractivity contribution in [2.45, 2.75) is 20.3 Å². The molecule has 0 spiro atoms. The first-order valence-electron chi connectivity index (χ1n) is 4.30. The van der Waals surface area contributed by atoms with Gasteiger partial charge in [0.25, 0.3) is 0 Å². The fraction of sp³-hybridized carbons (Fsp3) is 0.300. The third-order valence-electron chi connectivity index (χ3n) is 1.97. The first-order chi connectivity index (χ1) is 6.31. The first kappa shape index (κ1) is 8.51. The summed E-state index contributed by atoms with van der Waals surface area (Å²) in [5, 5.41) is 3.07. The average molecular weight is 193 g/mol. The Balaban J connectivity index is 2.41. The standard InChI is InChI=1S/C10H11NOS/c1-3-8-6-13-10(11-8)9-7(2)4-5-12-9/h4-6H,3H2,1-2H3. The van der Waals surface area contributed by atoms with Crippen molar-refractivity contribution in [2.24, 2.45) is 0 Å². The summed E-state index contributed by atoms with van der Waals surface area (Å²) >= 11 is 1.64. The Kier molecular flexibility index (Phi) is 2.19. The van der Waals surface area contributed by atoms with Crippen LogP contribution in [0.1, 0.15) is 18.2 Å². The SMILES string of the molecule is CCc1csc(-c2occc2C)n1.